The predicted octanol–water partition coefficient (Wildman–Crippen LogP) is 0.605. The Bertz CT molecular complexity index is 335. The molecule has 1 aliphatic rings. The molecule has 0 aromatic heterocycles. The van der Waals surface area contributed by atoms with Gasteiger partial charge in [0.05, 0.1) is 6.04 Å². The Morgan fingerprint density at radius 3 is 2.72 bits per heavy atom. The Morgan fingerprint density at radius 2 is 2.28 bits per heavy atom. The third-order valence-electron chi connectivity index (χ3n) is 2.57. The van der Waals surface area contributed by atoms with Gasteiger partial charge in [0.25, 0.3) is 0 Å². The van der Waals surface area contributed by atoms with Gasteiger partial charge in [-0.3, -0.25) is 4.79 Å². The highest BCUT2D eigenvalue weighted by Crippen LogP contribution is 2.16. The number of amides is 2. The number of aldehydes is 1. The van der Waals surface area contributed by atoms with E-state index in [0.29, 0.717) is 25.7 Å². The van der Waals surface area contributed by atoms with E-state index in [2.05, 4.69) is 10.6 Å². The topological polar surface area (TPSA) is 84.5 Å². The molecule has 6 heteroatoms. The summed E-state index contributed by atoms with van der Waals surface area (Å²) in [4.78, 5) is 33.8. The van der Waals surface area contributed by atoms with Crippen molar-refractivity contribution in [2.24, 2.45) is 5.92 Å². The largest absolute Gasteiger partial charge is 0.444 e. The average molecular weight is 256 g/mol. The molecule has 0 saturated carbocycles. The summed E-state index contributed by atoms with van der Waals surface area (Å²) in [6, 6.07) is -0.686. The molecule has 0 bridgehead atoms. The van der Waals surface area contributed by atoms with E-state index in [4.69, 9.17) is 4.74 Å². The molecule has 102 valence electrons. The van der Waals surface area contributed by atoms with Gasteiger partial charge in [-0.1, -0.05) is 0 Å². The normalized spacial score (nSPS) is 21.1. The van der Waals surface area contributed by atoms with Crippen molar-refractivity contribution < 1.29 is 19.1 Å². The van der Waals surface area contributed by atoms with Crippen LogP contribution in [0.3, 0.4) is 0 Å². The highest BCUT2D eigenvalue weighted by atomic mass is 16.6. The van der Waals surface area contributed by atoms with Gasteiger partial charge in [0, 0.05) is 12.5 Å². The second-order valence-electron chi connectivity index (χ2n) is 5.40. The average Bonchev–Trinajstić information content (AvgIpc) is 2.60. The summed E-state index contributed by atoms with van der Waals surface area (Å²) >= 11 is 0. The van der Waals surface area contributed by atoms with Crippen molar-refractivity contribution in [1.29, 1.82) is 0 Å². The molecule has 0 aliphatic carbocycles. The fourth-order valence-electron chi connectivity index (χ4n) is 1.78. The summed E-state index contributed by atoms with van der Waals surface area (Å²) in [5.74, 6) is -0.275. The zero-order valence-corrected chi connectivity index (χ0v) is 11.0. The van der Waals surface area contributed by atoms with Gasteiger partial charge in [0.1, 0.15) is 11.9 Å². The molecule has 2 atom stereocenters. The van der Waals surface area contributed by atoms with Crippen LogP contribution in [0.4, 0.5) is 4.79 Å². The summed E-state index contributed by atoms with van der Waals surface area (Å²) in [7, 11) is 0. The predicted molar refractivity (Wildman–Crippen MR) is 65.0 cm³/mol. The van der Waals surface area contributed by atoms with E-state index in [1.807, 2.05) is 0 Å². The molecular formula is C12H20N2O4. The van der Waals surface area contributed by atoms with E-state index < -0.39 is 17.7 Å². The molecule has 0 aromatic rings. The molecule has 1 fully saturated rings. The quantitative estimate of drug-likeness (QED) is 0.722. The third kappa shape index (κ3) is 4.73. The van der Waals surface area contributed by atoms with Crippen LogP contribution in [-0.4, -0.2) is 36.5 Å². The molecule has 2 amide bonds. The second-order valence-corrected chi connectivity index (χ2v) is 5.40. The highest BCUT2D eigenvalue weighted by Gasteiger charge is 2.28. The minimum Gasteiger partial charge on any atom is -0.444 e. The van der Waals surface area contributed by atoms with Crippen LogP contribution in [0.1, 0.15) is 33.6 Å². The van der Waals surface area contributed by atoms with Crippen LogP contribution < -0.4 is 10.6 Å². The van der Waals surface area contributed by atoms with Crippen molar-refractivity contribution in [2.45, 2.75) is 45.3 Å². The number of carbonyl (C=O) groups excluding carboxylic acids is 3. The highest BCUT2D eigenvalue weighted by molar-refractivity contribution is 5.81. The smallest absolute Gasteiger partial charge is 0.408 e. The summed E-state index contributed by atoms with van der Waals surface area (Å²) in [5, 5.41) is 5.15. The molecule has 1 saturated heterocycles. The van der Waals surface area contributed by atoms with Gasteiger partial charge in [-0.2, -0.15) is 0 Å². The fraction of sp³-hybridized carbons (Fsp3) is 0.750. The van der Waals surface area contributed by atoms with Crippen LogP contribution in [0.15, 0.2) is 0 Å². The Hall–Kier alpha value is -1.59. The maximum Gasteiger partial charge on any atom is 0.408 e. The van der Waals surface area contributed by atoms with Crippen LogP contribution in [0, 0.1) is 5.92 Å². The van der Waals surface area contributed by atoms with Gasteiger partial charge >= 0.3 is 6.09 Å². The first-order chi connectivity index (χ1) is 8.31. The molecule has 2 N–H and O–H groups in total. The number of hydrogen-bond acceptors (Lipinski definition) is 4. The maximum atomic E-state index is 11.5. The van der Waals surface area contributed by atoms with Crippen molar-refractivity contribution in [2.75, 3.05) is 6.54 Å². The first-order valence-electron chi connectivity index (χ1n) is 6.04. The Balaban J connectivity index is 2.44. The Morgan fingerprint density at radius 1 is 1.61 bits per heavy atom. The molecule has 1 heterocycles. The van der Waals surface area contributed by atoms with E-state index in [1.54, 1.807) is 20.8 Å². The Labute approximate surface area is 106 Å². The summed E-state index contributed by atoms with van der Waals surface area (Å²) in [6.07, 6.45) is 1.00. The maximum absolute atomic E-state index is 11.5. The van der Waals surface area contributed by atoms with Gasteiger partial charge in [-0.05, 0) is 33.6 Å². The number of rotatable bonds is 4. The molecule has 0 aromatic carbocycles. The molecule has 18 heavy (non-hydrogen) atoms. The molecular weight excluding hydrogens is 236 g/mol. The number of nitrogens with one attached hydrogen (secondary N) is 2. The lowest BCUT2D eigenvalue weighted by molar-refractivity contribution is -0.122. The van der Waals surface area contributed by atoms with Crippen LogP contribution in [0.2, 0.25) is 0 Å². The summed E-state index contributed by atoms with van der Waals surface area (Å²) in [5.41, 5.74) is -0.609. The zero-order chi connectivity index (χ0) is 13.8. The zero-order valence-electron chi connectivity index (χ0n) is 11.0. The molecule has 0 radical (unpaired) electrons. The number of alkyl carbamates (subject to hydrolysis) is 1. The first-order valence-corrected chi connectivity index (χ1v) is 6.04. The van der Waals surface area contributed by atoms with Crippen LogP contribution in [0.25, 0.3) is 0 Å². The second kappa shape index (κ2) is 5.84. The van der Waals surface area contributed by atoms with Crippen molar-refractivity contribution in [3.63, 3.8) is 0 Å². The Kier molecular flexibility index (Phi) is 4.69. The van der Waals surface area contributed by atoms with Crippen LogP contribution >= 0.6 is 0 Å². The number of carbonyl (C=O) groups is 3. The van der Waals surface area contributed by atoms with Crippen LogP contribution in [-0.2, 0) is 14.3 Å². The SMILES string of the molecule is CC(C)(C)OC(=O)NC(C=O)C[C@@H]1CCNC1=O. The van der Waals surface area contributed by atoms with Crippen molar-refractivity contribution in [1.82, 2.24) is 10.6 Å². The molecule has 1 aliphatic heterocycles. The van der Waals surface area contributed by atoms with Gasteiger partial charge in [-0.15, -0.1) is 0 Å². The third-order valence-corrected chi connectivity index (χ3v) is 2.57. The van der Waals surface area contributed by atoms with E-state index in [9.17, 15) is 14.4 Å². The number of ether oxygens (including phenoxy) is 1. The van der Waals surface area contributed by atoms with Crippen molar-refractivity contribution >= 4 is 18.3 Å². The van der Waals surface area contributed by atoms with Crippen LogP contribution in [0.5, 0.6) is 0 Å². The molecule has 1 rings (SSSR count). The standard InChI is InChI=1S/C12H20N2O4/c1-12(2,3)18-11(17)14-9(7-15)6-8-4-5-13-10(8)16/h7-9H,4-6H2,1-3H3,(H,13,16)(H,14,17)/t8-,9?/m0/s1. The lowest BCUT2D eigenvalue weighted by Crippen LogP contribution is -2.41. The van der Waals surface area contributed by atoms with E-state index in [0.717, 1.165) is 0 Å². The van der Waals surface area contributed by atoms with E-state index in [-0.39, 0.29) is 11.8 Å². The summed E-state index contributed by atoms with van der Waals surface area (Å²) in [6.45, 7) is 5.86. The van der Waals surface area contributed by atoms with Gasteiger partial charge < -0.3 is 20.2 Å². The monoisotopic (exact) mass is 256 g/mol. The molecule has 6 nitrogen and oxygen atoms in total. The minimum absolute atomic E-state index is 0.0622. The van der Waals surface area contributed by atoms with Crippen molar-refractivity contribution in [3.8, 4) is 0 Å². The van der Waals surface area contributed by atoms with Gasteiger partial charge in [0.2, 0.25) is 5.91 Å². The number of hydrogen-bond donors (Lipinski definition) is 2. The first kappa shape index (κ1) is 14.5. The van der Waals surface area contributed by atoms with Gasteiger partial charge in [-0.25, -0.2) is 4.79 Å². The van der Waals surface area contributed by atoms with E-state index in [1.165, 1.54) is 0 Å². The van der Waals surface area contributed by atoms with Crippen molar-refractivity contribution in [3.05, 3.63) is 0 Å². The van der Waals surface area contributed by atoms with E-state index >= 15 is 0 Å². The lowest BCUT2D eigenvalue weighted by Gasteiger charge is -2.22. The minimum atomic E-state index is -0.686. The molecule has 0 spiro atoms. The van der Waals surface area contributed by atoms with Gasteiger partial charge in [0.15, 0.2) is 0 Å². The molecule has 1 unspecified atom stereocenters. The summed E-state index contributed by atoms with van der Waals surface area (Å²) < 4.78 is 5.05. The fourth-order valence-corrected chi connectivity index (χ4v) is 1.78. The lowest BCUT2D eigenvalue weighted by atomic mass is 9.99.